The molecule has 2 saturated heterocycles. The molecule has 4 nitrogen and oxygen atoms in total. The Hall–Kier alpha value is -0.910. The van der Waals surface area contributed by atoms with Gasteiger partial charge in [0.1, 0.15) is 0 Å². The van der Waals surface area contributed by atoms with Crippen LogP contribution in [0, 0.1) is 0 Å². The van der Waals surface area contributed by atoms with Crippen LogP contribution in [0.3, 0.4) is 0 Å². The number of nitrogens with zero attached hydrogens (tertiary/aromatic N) is 2. The van der Waals surface area contributed by atoms with Crippen LogP contribution in [0.5, 0.6) is 0 Å². The minimum Gasteiger partial charge on any atom is -0.355 e. The lowest BCUT2D eigenvalue weighted by Crippen LogP contribution is -2.56. The number of halogens is 1. The molecule has 2 heterocycles. The molecule has 2 bridgehead atoms. The summed E-state index contributed by atoms with van der Waals surface area (Å²) >= 11 is 7.99. The summed E-state index contributed by atoms with van der Waals surface area (Å²) in [6, 6.07) is 10.1. The first-order valence-corrected chi connectivity index (χ1v) is 11.2. The molecule has 0 amide bonds. The van der Waals surface area contributed by atoms with Crippen molar-refractivity contribution in [2.24, 2.45) is 4.99 Å². The van der Waals surface area contributed by atoms with Gasteiger partial charge < -0.3 is 15.5 Å². The zero-order chi connectivity index (χ0) is 18.5. The highest BCUT2D eigenvalue weighted by Crippen LogP contribution is 2.32. The highest BCUT2D eigenvalue weighted by molar-refractivity contribution is 7.98. The highest BCUT2D eigenvalue weighted by atomic mass is 35.5. The van der Waals surface area contributed by atoms with Crippen molar-refractivity contribution in [2.75, 3.05) is 26.9 Å². The molecule has 3 atom stereocenters. The highest BCUT2D eigenvalue weighted by Gasteiger charge is 2.36. The lowest BCUT2D eigenvalue weighted by atomic mass is 9.82. The van der Waals surface area contributed by atoms with Gasteiger partial charge in [0.2, 0.25) is 0 Å². The number of benzene rings is 1. The lowest BCUT2D eigenvalue weighted by Gasteiger charge is -2.47. The quantitative estimate of drug-likeness (QED) is 0.586. The molecular formula is C20H31ClN4S. The van der Waals surface area contributed by atoms with Crippen molar-refractivity contribution in [2.45, 2.75) is 55.5 Å². The Morgan fingerprint density at radius 2 is 2.08 bits per heavy atom. The Kier molecular flexibility index (Phi) is 7.12. The second kappa shape index (κ2) is 9.34. The molecule has 3 rings (SSSR count). The number of nitrogens with one attached hydrogen (secondary N) is 2. The average molecular weight is 395 g/mol. The number of aliphatic imine (C=N–C) groups is 1. The topological polar surface area (TPSA) is 39.7 Å². The van der Waals surface area contributed by atoms with Crippen molar-refractivity contribution in [1.29, 1.82) is 0 Å². The van der Waals surface area contributed by atoms with Crippen LogP contribution in [-0.4, -0.2) is 55.9 Å². The van der Waals surface area contributed by atoms with Crippen molar-refractivity contribution < 1.29 is 0 Å². The van der Waals surface area contributed by atoms with Gasteiger partial charge in [0.25, 0.3) is 0 Å². The Balaban J connectivity index is 1.54. The van der Waals surface area contributed by atoms with E-state index < -0.39 is 0 Å². The molecule has 26 heavy (non-hydrogen) atoms. The zero-order valence-corrected chi connectivity index (χ0v) is 17.6. The Labute approximate surface area is 167 Å². The first-order chi connectivity index (χ1) is 12.6. The molecule has 1 aromatic carbocycles. The van der Waals surface area contributed by atoms with E-state index in [1.165, 1.54) is 37.7 Å². The van der Waals surface area contributed by atoms with Crippen LogP contribution in [0.4, 0.5) is 0 Å². The fourth-order valence-electron chi connectivity index (χ4n) is 4.36. The standard InChI is InChI=1S/C20H31ClN4S/c1-22-20(23-13-19(26-3)14-6-4-7-15(21)10-14)24-16-11-17-8-5-9-18(12-16)25(17)2/h4,6-7,10,16-19H,5,8-9,11-13H2,1-3H3,(H2,22,23,24). The van der Waals surface area contributed by atoms with Crippen LogP contribution < -0.4 is 10.6 Å². The molecule has 2 aliphatic rings. The SMILES string of the molecule is CN=C(NCC(SC)c1cccc(Cl)c1)NC1CC2CCCC(C1)N2C. The van der Waals surface area contributed by atoms with E-state index in [1.54, 1.807) is 0 Å². The van der Waals surface area contributed by atoms with Gasteiger partial charge in [-0.1, -0.05) is 30.2 Å². The molecule has 0 radical (unpaired) electrons. The summed E-state index contributed by atoms with van der Waals surface area (Å²) < 4.78 is 0. The van der Waals surface area contributed by atoms with Gasteiger partial charge >= 0.3 is 0 Å². The molecule has 2 fully saturated rings. The molecule has 2 N–H and O–H groups in total. The maximum absolute atomic E-state index is 6.15. The second-order valence-corrected chi connectivity index (χ2v) is 8.93. The van der Waals surface area contributed by atoms with E-state index in [0.29, 0.717) is 11.3 Å². The normalized spacial score (nSPS) is 27.8. The van der Waals surface area contributed by atoms with E-state index in [4.69, 9.17) is 11.6 Å². The summed E-state index contributed by atoms with van der Waals surface area (Å²) in [4.78, 5) is 7.06. The number of thioether (sulfide) groups is 1. The number of fused-ring (bicyclic) bond motifs is 2. The molecule has 2 aliphatic heterocycles. The Morgan fingerprint density at radius 3 is 2.69 bits per heavy atom. The number of rotatable bonds is 5. The second-order valence-electron chi connectivity index (χ2n) is 7.45. The zero-order valence-electron chi connectivity index (χ0n) is 16.0. The van der Waals surface area contributed by atoms with Gasteiger partial charge in [0.15, 0.2) is 5.96 Å². The van der Waals surface area contributed by atoms with Crippen LogP contribution in [0.1, 0.15) is 42.9 Å². The van der Waals surface area contributed by atoms with E-state index in [-0.39, 0.29) is 0 Å². The maximum atomic E-state index is 6.15. The molecule has 0 spiro atoms. The molecular weight excluding hydrogens is 364 g/mol. The summed E-state index contributed by atoms with van der Waals surface area (Å²) in [6.07, 6.45) is 8.62. The predicted molar refractivity (Wildman–Crippen MR) is 114 cm³/mol. The predicted octanol–water partition coefficient (Wildman–Crippen LogP) is 3.92. The van der Waals surface area contributed by atoms with Crippen LogP contribution in [0.15, 0.2) is 29.3 Å². The van der Waals surface area contributed by atoms with Crippen LogP contribution >= 0.6 is 23.4 Å². The van der Waals surface area contributed by atoms with Crippen molar-refractivity contribution in [3.8, 4) is 0 Å². The van der Waals surface area contributed by atoms with Crippen molar-refractivity contribution in [3.05, 3.63) is 34.9 Å². The fraction of sp³-hybridized carbons (Fsp3) is 0.650. The first-order valence-electron chi connectivity index (χ1n) is 9.58. The monoisotopic (exact) mass is 394 g/mol. The van der Waals surface area contributed by atoms with E-state index in [2.05, 4.69) is 46.0 Å². The Morgan fingerprint density at radius 1 is 1.35 bits per heavy atom. The third-order valence-electron chi connectivity index (χ3n) is 5.86. The average Bonchev–Trinajstić information content (AvgIpc) is 2.62. The van der Waals surface area contributed by atoms with Crippen molar-refractivity contribution >= 4 is 29.3 Å². The molecule has 0 aliphatic carbocycles. The summed E-state index contributed by atoms with van der Waals surface area (Å²) in [5, 5.41) is 8.34. The number of hydrogen-bond donors (Lipinski definition) is 2. The molecule has 0 aromatic heterocycles. The smallest absolute Gasteiger partial charge is 0.191 e. The summed E-state index contributed by atoms with van der Waals surface area (Å²) in [5.41, 5.74) is 1.25. The number of hydrogen-bond acceptors (Lipinski definition) is 3. The van der Waals surface area contributed by atoms with Gasteiger partial charge in [-0.3, -0.25) is 4.99 Å². The van der Waals surface area contributed by atoms with E-state index in [0.717, 1.165) is 29.6 Å². The Bertz CT molecular complexity index is 610. The third kappa shape index (κ3) is 4.87. The largest absolute Gasteiger partial charge is 0.355 e. The van der Waals surface area contributed by atoms with Crippen LogP contribution in [0.25, 0.3) is 0 Å². The van der Waals surface area contributed by atoms with Crippen LogP contribution in [-0.2, 0) is 0 Å². The minimum absolute atomic E-state index is 0.351. The summed E-state index contributed by atoms with van der Waals surface area (Å²) in [5.74, 6) is 0.915. The molecule has 6 heteroatoms. The van der Waals surface area contributed by atoms with Gasteiger partial charge in [-0.2, -0.15) is 11.8 Å². The van der Waals surface area contributed by atoms with Crippen molar-refractivity contribution in [3.63, 3.8) is 0 Å². The molecule has 1 aromatic rings. The fourth-order valence-corrected chi connectivity index (χ4v) is 5.22. The molecule has 0 saturated carbocycles. The summed E-state index contributed by atoms with van der Waals surface area (Å²) in [6.45, 7) is 0.834. The first kappa shape index (κ1) is 19.8. The number of piperidine rings is 2. The third-order valence-corrected chi connectivity index (χ3v) is 7.11. The van der Waals surface area contributed by atoms with Crippen LogP contribution in [0.2, 0.25) is 5.02 Å². The van der Waals surface area contributed by atoms with Gasteiger partial charge in [0.05, 0.1) is 0 Å². The summed E-state index contributed by atoms with van der Waals surface area (Å²) in [7, 11) is 4.16. The maximum Gasteiger partial charge on any atom is 0.191 e. The van der Waals surface area contributed by atoms with E-state index >= 15 is 0 Å². The molecule has 3 unspecified atom stereocenters. The minimum atomic E-state index is 0.351. The van der Waals surface area contributed by atoms with E-state index in [9.17, 15) is 0 Å². The van der Waals surface area contributed by atoms with Gasteiger partial charge in [-0.25, -0.2) is 0 Å². The number of guanidine groups is 1. The molecule has 144 valence electrons. The van der Waals surface area contributed by atoms with Crippen molar-refractivity contribution in [1.82, 2.24) is 15.5 Å². The van der Waals surface area contributed by atoms with Gasteiger partial charge in [0, 0.05) is 42.0 Å². The van der Waals surface area contributed by atoms with Gasteiger partial charge in [-0.05, 0) is 56.7 Å². The lowest BCUT2D eigenvalue weighted by molar-refractivity contribution is 0.0526. The van der Waals surface area contributed by atoms with Gasteiger partial charge in [-0.15, -0.1) is 0 Å². The van der Waals surface area contributed by atoms with E-state index in [1.807, 2.05) is 30.9 Å².